The van der Waals surface area contributed by atoms with Crippen molar-refractivity contribution >= 4 is 23.4 Å². The maximum absolute atomic E-state index is 13.0. The highest BCUT2D eigenvalue weighted by molar-refractivity contribution is 5.82. The average molecular weight is 510 g/mol. The first-order valence-corrected chi connectivity index (χ1v) is 12.1. The maximum Gasteiger partial charge on any atom is 0.410 e. The van der Waals surface area contributed by atoms with Gasteiger partial charge in [-0.05, 0) is 31.5 Å². The summed E-state index contributed by atoms with van der Waals surface area (Å²) in [5.74, 6) is 0.139. The number of ketones is 1. The van der Waals surface area contributed by atoms with E-state index in [0.717, 1.165) is 5.56 Å². The molecule has 0 spiro atoms. The number of fused-ring (bicyclic) bond motifs is 1. The van der Waals surface area contributed by atoms with Crippen molar-refractivity contribution in [3.63, 3.8) is 0 Å². The van der Waals surface area contributed by atoms with Crippen LogP contribution < -0.4 is 5.32 Å². The lowest BCUT2D eigenvalue weighted by Crippen LogP contribution is -2.43. The van der Waals surface area contributed by atoms with Crippen LogP contribution in [-0.4, -0.2) is 57.0 Å². The molecule has 37 heavy (non-hydrogen) atoms. The molecule has 198 valence electrons. The Morgan fingerprint density at radius 3 is 2.38 bits per heavy atom. The van der Waals surface area contributed by atoms with Gasteiger partial charge >= 0.3 is 6.09 Å². The molecule has 2 amide bonds. The Bertz CT molecular complexity index is 1230. The van der Waals surface area contributed by atoms with Gasteiger partial charge in [0.15, 0.2) is 11.5 Å². The van der Waals surface area contributed by atoms with Crippen molar-refractivity contribution in [1.29, 1.82) is 0 Å². The van der Waals surface area contributed by atoms with Crippen LogP contribution in [0.25, 0.3) is 5.65 Å². The summed E-state index contributed by atoms with van der Waals surface area (Å²) in [5.41, 5.74) is 1.50. The van der Waals surface area contributed by atoms with Crippen molar-refractivity contribution in [2.45, 2.75) is 60.0 Å². The minimum atomic E-state index is -0.641. The van der Waals surface area contributed by atoms with Gasteiger partial charge in [0.25, 0.3) is 0 Å². The summed E-state index contributed by atoms with van der Waals surface area (Å²) in [4.78, 5) is 37.9. The predicted molar refractivity (Wildman–Crippen MR) is 138 cm³/mol. The molecule has 1 N–H and O–H groups in total. The largest absolute Gasteiger partial charge is 0.443 e. The fraction of sp³-hybridized carbons (Fsp3) is 0.444. The highest BCUT2D eigenvalue weighted by atomic mass is 16.6. The maximum atomic E-state index is 13.0. The van der Waals surface area contributed by atoms with E-state index in [1.807, 2.05) is 58.0 Å². The lowest BCUT2D eigenvalue weighted by molar-refractivity contribution is -0.130. The van der Waals surface area contributed by atoms with E-state index in [1.54, 1.807) is 22.6 Å². The number of likely N-dealkylation sites (N-methyl/N-ethyl adjacent to an activating group) is 1. The van der Waals surface area contributed by atoms with Gasteiger partial charge in [0, 0.05) is 12.5 Å². The molecule has 10 nitrogen and oxygen atoms in total. The number of nitrogens with zero attached hydrogens (tertiary/aromatic N) is 4. The van der Waals surface area contributed by atoms with Gasteiger partial charge in [-0.2, -0.15) is 0 Å². The Morgan fingerprint density at radius 2 is 1.73 bits per heavy atom. The highest BCUT2D eigenvalue weighted by Crippen LogP contribution is 2.24. The normalized spacial score (nSPS) is 13.1. The molecular weight excluding hydrogens is 474 g/mol. The van der Waals surface area contributed by atoms with Crippen LogP contribution >= 0.6 is 0 Å². The summed E-state index contributed by atoms with van der Waals surface area (Å²) < 4.78 is 13.4. The van der Waals surface area contributed by atoms with Crippen LogP contribution in [0.3, 0.4) is 0 Å². The third-order valence-corrected chi connectivity index (χ3v) is 5.72. The van der Waals surface area contributed by atoms with E-state index in [9.17, 15) is 14.4 Å². The van der Waals surface area contributed by atoms with Gasteiger partial charge in [0.05, 0.1) is 24.9 Å². The Hall–Kier alpha value is -3.79. The second-order valence-electron chi connectivity index (χ2n) is 10.1. The van der Waals surface area contributed by atoms with E-state index in [2.05, 4.69) is 15.5 Å². The van der Waals surface area contributed by atoms with Crippen molar-refractivity contribution in [1.82, 2.24) is 24.8 Å². The minimum Gasteiger partial charge on any atom is -0.443 e. The summed E-state index contributed by atoms with van der Waals surface area (Å²) in [6.45, 7) is 9.00. The van der Waals surface area contributed by atoms with Gasteiger partial charge in [-0.3, -0.25) is 14.0 Å². The number of carbonyl (C=O) groups excluding carboxylic acids is 3. The lowest BCUT2D eigenvalue weighted by atomic mass is 9.94. The third-order valence-electron chi connectivity index (χ3n) is 5.72. The number of hydrogen-bond donors (Lipinski definition) is 1. The number of benzene rings is 1. The first-order valence-electron chi connectivity index (χ1n) is 12.1. The zero-order valence-electron chi connectivity index (χ0n) is 22.2. The van der Waals surface area contributed by atoms with Crippen LogP contribution in [0, 0.1) is 5.41 Å². The zero-order chi connectivity index (χ0) is 27.2. The summed E-state index contributed by atoms with van der Waals surface area (Å²) in [6, 6.07) is 14.5. The van der Waals surface area contributed by atoms with Gasteiger partial charge in [0.1, 0.15) is 18.4 Å². The topological polar surface area (TPSA) is 115 Å². The predicted octanol–water partition coefficient (Wildman–Crippen LogP) is 3.70. The molecule has 1 aromatic carbocycles. The molecule has 0 aliphatic carbocycles. The monoisotopic (exact) mass is 509 g/mol. The smallest absolute Gasteiger partial charge is 0.410 e. The fourth-order valence-electron chi connectivity index (χ4n) is 3.64. The van der Waals surface area contributed by atoms with Crippen molar-refractivity contribution in [2.75, 3.05) is 13.6 Å². The molecule has 0 saturated heterocycles. The highest BCUT2D eigenvalue weighted by Gasteiger charge is 2.32. The molecule has 3 rings (SSSR count). The fourth-order valence-corrected chi connectivity index (χ4v) is 3.64. The van der Waals surface area contributed by atoms with Crippen LogP contribution in [0.15, 0.2) is 48.5 Å². The molecule has 0 unspecified atom stereocenters. The third kappa shape index (κ3) is 7.36. The molecule has 3 aromatic rings. The van der Waals surface area contributed by atoms with Gasteiger partial charge in [0.2, 0.25) is 5.91 Å². The number of nitrogens with one attached hydrogen (secondary N) is 1. The van der Waals surface area contributed by atoms with Crippen LogP contribution in [0.5, 0.6) is 0 Å². The summed E-state index contributed by atoms with van der Waals surface area (Å²) >= 11 is 0. The Balaban J connectivity index is 1.91. The van der Waals surface area contributed by atoms with Crippen molar-refractivity contribution in [3.05, 3.63) is 65.6 Å². The molecule has 2 aromatic heterocycles. The van der Waals surface area contributed by atoms with Gasteiger partial charge in [-0.25, -0.2) is 4.79 Å². The van der Waals surface area contributed by atoms with Crippen molar-refractivity contribution in [3.8, 4) is 0 Å². The Labute approximate surface area is 217 Å². The van der Waals surface area contributed by atoms with E-state index in [-0.39, 0.29) is 24.8 Å². The standard InChI is InChI=1S/C27H35N5O5/c1-18(33)15-31(6)26(35)37-17-21-13-10-14-22-29-30-24(32(21)22)23(28-25(34)27(3,4)5)19(2)36-16-20-11-8-7-9-12-20/h7-14,19,23H,15-17H2,1-6H3,(H,28,34)/t19-,23-/m1/s1. The molecule has 2 heterocycles. The molecule has 0 bridgehead atoms. The second-order valence-corrected chi connectivity index (χ2v) is 10.1. The first kappa shape index (κ1) is 27.8. The van der Waals surface area contributed by atoms with Crippen molar-refractivity contribution in [2.24, 2.45) is 5.41 Å². The zero-order valence-corrected chi connectivity index (χ0v) is 22.2. The molecule has 0 aliphatic heterocycles. The average Bonchev–Trinajstić information content (AvgIpc) is 3.28. The first-order chi connectivity index (χ1) is 17.5. The van der Waals surface area contributed by atoms with E-state index < -0.39 is 23.7 Å². The number of carbonyl (C=O) groups is 3. The molecule has 0 radical (unpaired) electrons. The molecular formula is C27H35N5O5. The molecule has 0 fully saturated rings. The number of amides is 2. The number of aromatic nitrogens is 3. The van der Waals surface area contributed by atoms with Crippen LogP contribution in [0.2, 0.25) is 0 Å². The molecule has 0 saturated carbocycles. The minimum absolute atomic E-state index is 0.0436. The SMILES string of the molecule is CC(=O)CN(C)C(=O)OCc1cccc2nnc([C@H](NC(=O)C(C)(C)C)[C@@H](C)OCc3ccccc3)n12. The molecule has 2 atom stereocenters. The van der Waals surface area contributed by atoms with Gasteiger partial charge in [-0.15, -0.1) is 10.2 Å². The van der Waals surface area contributed by atoms with E-state index in [0.29, 0.717) is 23.8 Å². The molecule has 0 aliphatic rings. The van der Waals surface area contributed by atoms with E-state index in [1.165, 1.54) is 18.9 Å². The van der Waals surface area contributed by atoms with Crippen LogP contribution in [0.4, 0.5) is 4.79 Å². The summed E-state index contributed by atoms with van der Waals surface area (Å²) in [6.07, 6.45) is -1.09. The lowest BCUT2D eigenvalue weighted by Gasteiger charge is -2.28. The number of hydrogen-bond acceptors (Lipinski definition) is 7. The number of pyridine rings is 1. The van der Waals surface area contributed by atoms with Gasteiger partial charge < -0.3 is 19.7 Å². The molecule has 10 heteroatoms. The number of ether oxygens (including phenoxy) is 2. The van der Waals surface area contributed by atoms with E-state index >= 15 is 0 Å². The Kier molecular flexibility index (Phi) is 8.99. The summed E-state index contributed by atoms with van der Waals surface area (Å²) in [5, 5.41) is 11.8. The quantitative estimate of drug-likeness (QED) is 0.443. The number of rotatable bonds is 10. The second kappa shape index (κ2) is 12.0. The van der Waals surface area contributed by atoms with Crippen LogP contribution in [-0.2, 0) is 32.3 Å². The van der Waals surface area contributed by atoms with Crippen molar-refractivity contribution < 1.29 is 23.9 Å². The van der Waals surface area contributed by atoms with E-state index in [4.69, 9.17) is 9.47 Å². The summed E-state index contributed by atoms with van der Waals surface area (Å²) in [7, 11) is 1.50. The van der Waals surface area contributed by atoms with Gasteiger partial charge in [-0.1, -0.05) is 57.2 Å². The Morgan fingerprint density at radius 1 is 1.03 bits per heavy atom. The number of Topliss-reactive ketones (excluding diaryl/α,β-unsaturated/α-hetero) is 1. The van der Waals surface area contributed by atoms with Crippen LogP contribution in [0.1, 0.15) is 57.7 Å².